The van der Waals surface area contributed by atoms with E-state index in [1.54, 1.807) is 24.3 Å². The number of nitrogens with zero attached hydrogens (tertiary/aromatic N) is 2. The molecule has 158 valence electrons. The summed E-state index contributed by atoms with van der Waals surface area (Å²) in [6.45, 7) is -0.319. The van der Waals surface area contributed by atoms with Gasteiger partial charge in [0.05, 0.1) is 26.4 Å². The Morgan fingerprint density at radius 1 is 1.38 bits per heavy atom. The number of aromatic nitrogens is 2. The van der Waals surface area contributed by atoms with Crippen LogP contribution in [-0.2, 0) is 20.4 Å². The van der Waals surface area contributed by atoms with E-state index in [0.717, 1.165) is 6.20 Å². The number of para-hydroxylation sites is 1. The molecule has 2 aromatic rings. The Balaban J connectivity index is 1.54. The number of anilines is 1. The standard InChI is InChI=1S/C17H20F2N3O6P/c1-25-13-5-3-2-4-11(13)9-26-29(24)27-10-12-8-17(18,19)15(28-12)22-7-6-14(20)21-16(22)23/h2-7,12,15,24H,8-10H2,1H3,(H2,20,21,23). The molecule has 29 heavy (non-hydrogen) atoms. The van der Waals surface area contributed by atoms with E-state index in [-0.39, 0.29) is 19.0 Å². The lowest BCUT2D eigenvalue weighted by Gasteiger charge is -2.19. The molecule has 1 fully saturated rings. The smallest absolute Gasteiger partial charge is 0.351 e. The van der Waals surface area contributed by atoms with Crippen LogP contribution in [-0.4, -0.2) is 40.2 Å². The summed E-state index contributed by atoms with van der Waals surface area (Å²) in [5, 5.41) is 0. The Morgan fingerprint density at radius 2 is 2.14 bits per heavy atom. The fraction of sp³-hybridized carbons (Fsp3) is 0.412. The first kappa shape index (κ1) is 21.5. The van der Waals surface area contributed by atoms with Crippen LogP contribution in [0.25, 0.3) is 0 Å². The first-order valence-electron chi connectivity index (χ1n) is 8.55. The maximum absolute atomic E-state index is 14.3. The van der Waals surface area contributed by atoms with Crippen molar-refractivity contribution < 1.29 is 32.2 Å². The van der Waals surface area contributed by atoms with Gasteiger partial charge in [0.1, 0.15) is 11.6 Å². The van der Waals surface area contributed by atoms with Gasteiger partial charge in [-0.25, -0.2) is 13.6 Å². The van der Waals surface area contributed by atoms with Crippen LogP contribution in [0.1, 0.15) is 18.2 Å². The van der Waals surface area contributed by atoms with Crippen molar-refractivity contribution in [2.45, 2.75) is 31.3 Å². The first-order valence-corrected chi connectivity index (χ1v) is 9.68. The van der Waals surface area contributed by atoms with E-state index in [2.05, 4.69) is 4.98 Å². The average molecular weight is 431 g/mol. The number of halogens is 2. The summed E-state index contributed by atoms with van der Waals surface area (Å²) in [4.78, 5) is 25.1. The van der Waals surface area contributed by atoms with Gasteiger partial charge in [0, 0.05) is 18.2 Å². The molecule has 3 rings (SSSR count). The Hall–Kier alpha value is -2.17. The van der Waals surface area contributed by atoms with Gasteiger partial charge in [-0.2, -0.15) is 4.98 Å². The van der Waals surface area contributed by atoms with E-state index >= 15 is 0 Å². The molecule has 3 N–H and O–H groups in total. The van der Waals surface area contributed by atoms with E-state index < -0.39 is 39.0 Å². The third-order valence-corrected chi connectivity index (χ3v) is 4.90. The molecule has 12 heteroatoms. The zero-order valence-corrected chi connectivity index (χ0v) is 16.3. The molecule has 1 aromatic heterocycles. The number of nitrogens with two attached hydrogens (primary N) is 1. The Labute approximate surface area is 166 Å². The van der Waals surface area contributed by atoms with E-state index in [9.17, 15) is 18.5 Å². The SMILES string of the molecule is COc1ccccc1COP(O)OCC1CC(F)(F)C(n2ccc(N)nc2=O)O1. The molecule has 0 aliphatic carbocycles. The molecule has 0 radical (unpaired) electrons. The highest BCUT2D eigenvalue weighted by Crippen LogP contribution is 2.43. The first-order chi connectivity index (χ1) is 13.8. The van der Waals surface area contributed by atoms with Crippen LogP contribution < -0.4 is 16.2 Å². The molecule has 0 saturated carbocycles. The molecule has 2 heterocycles. The number of alkyl halides is 2. The van der Waals surface area contributed by atoms with Crippen LogP contribution in [0.2, 0.25) is 0 Å². The lowest BCUT2D eigenvalue weighted by atomic mass is 10.2. The Morgan fingerprint density at radius 3 is 2.86 bits per heavy atom. The van der Waals surface area contributed by atoms with Gasteiger partial charge in [0.25, 0.3) is 5.92 Å². The van der Waals surface area contributed by atoms with Crippen LogP contribution in [0.15, 0.2) is 41.3 Å². The summed E-state index contributed by atoms with van der Waals surface area (Å²) in [7, 11) is -0.819. The molecule has 0 spiro atoms. The van der Waals surface area contributed by atoms with Crippen LogP contribution >= 0.6 is 8.60 Å². The molecule has 1 aromatic carbocycles. The van der Waals surface area contributed by atoms with E-state index in [4.69, 9.17) is 24.3 Å². The van der Waals surface area contributed by atoms with Gasteiger partial charge in [0.15, 0.2) is 0 Å². The van der Waals surface area contributed by atoms with Crippen molar-refractivity contribution in [3.05, 3.63) is 52.6 Å². The van der Waals surface area contributed by atoms with E-state index in [0.29, 0.717) is 15.9 Å². The van der Waals surface area contributed by atoms with Crippen LogP contribution in [0.3, 0.4) is 0 Å². The number of hydrogen-bond donors (Lipinski definition) is 2. The topological polar surface area (TPSA) is 118 Å². The van der Waals surface area contributed by atoms with Gasteiger partial charge in [-0.3, -0.25) is 4.57 Å². The molecule has 1 saturated heterocycles. The summed E-state index contributed by atoms with van der Waals surface area (Å²) >= 11 is 0. The predicted molar refractivity (Wildman–Crippen MR) is 99.3 cm³/mol. The minimum Gasteiger partial charge on any atom is -0.496 e. The molecular weight excluding hydrogens is 411 g/mol. The molecule has 3 unspecified atom stereocenters. The second-order valence-corrected chi connectivity index (χ2v) is 7.23. The number of nitrogen functional groups attached to an aromatic ring is 1. The second kappa shape index (κ2) is 9.10. The minimum absolute atomic E-state index is 0.0169. The van der Waals surface area contributed by atoms with Crippen molar-refractivity contribution in [1.29, 1.82) is 0 Å². The quantitative estimate of drug-likeness (QED) is 0.611. The predicted octanol–water partition coefficient (Wildman–Crippen LogP) is 2.21. The van der Waals surface area contributed by atoms with Gasteiger partial charge >= 0.3 is 14.3 Å². The molecule has 1 aliphatic heterocycles. The summed E-state index contributed by atoms with van der Waals surface area (Å²) in [6.07, 6.45) is -2.48. The van der Waals surface area contributed by atoms with Crippen molar-refractivity contribution in [1.82, 2.24) is 9.55 Å². The van der Waals surface area contributed by atoms with Gasteiger partial charge in [-0.15, -0.1) is 0 Å². The number of ether oxygens (including phenoxy) is 2. The average Bonchev–Trinajstić information content (AvgIpc) is 2.99. The van der Waals surface area contributed by atoms with Crippen molar-refractivity contribution in [3.63, 3.8) is 0 Å². The van der Waals surface area contributed by atoms with Gasteiger partial charge in [0.2, 0.25) is 6.23 Å². The fourth-order valence-electron chi connectivity index (χ4n) is 2.84. The number of benzene rings is 1. The van der Waals surface area contributed by atoms with Crippen LogP contribution in [0, 0.1) is 0 Å². The monoisotopic (exact) mass is 431 g/mol. The zero-order chi connectivity index (χ0) is 21.0. The summed E-state index contributed by atoms with van der Waals surface area (Å²) in [6, 6.07) is 8.29. The van der Waals surface area contributed by atoms with Crippen molar-refractivity contribution in [2.75, 3.05) is 19.5 Å². The largest absolute Gasteiger partial charge is 0.496 e. The maximum Gasteiger partial charge on any atom is 0.351 e. The Bertz CT molecular complexity index is 899. The molecule has 3 atom stereocenters. The summed E-state index contributed by atoms with van der Waals surface area (Å²) < 4.78 is 50.1. The third kappa shape index (κ3) is 5.26. The Kier molecular flexibility index (Phi) is 6.76. The summed E-state index contributed by atoms with van der Waals surface area (Å²) in [5.41, 5.74) is 5.12. The number of rotatable bonds is 8. The van der Waals surface area contributed by atoms with Crippen LogP contribution in [0.4, 0.5) is 14.6 Å². The minimum atomic E-state index is -3.33. The third-order valence-electron chi connectivity index (χ3n) is 4.18. The highest BCUT2D eigenvalue weighted by atomic mass is 31.2. The fourth-order valence-corrected chi connectivity index (χ4v) is 3.45. The molecule has 1 aliphatic rings. The van der Waals surface area contributed by atoms with Crippen molar-refractivity contribution in [2.24, 2.45) is 0 Å². The second-order valence-electron chi connectivity index (χ2n) is 6.24. The van der Waals surface area contributed by atoms with E-state index in [1.165, 1.54) is 13.2 Å². The molecular formula is C17H20F2N3O6P. The zero-order valence-electron chi connectivity index (χ0n) is 15.4. The van der Waals surface area contributed by atoms with Crippen LogP contribution in [0.5, 0.6) is 5.75 Å². The van der Waals surface area contributed by atoms with E-state index in [1.807, 2.05) is 0 Å². The lowest BCUT2D eigenvalue weighted by molar-refractivity contribution is -0.119. The normalized spacial score (nSPS) is 21.8. The van der Waals surface area contributed by atoms with Gasteiger partial charge in [-0.05, 0) is 12.1 Å². The lowest BCUT2D eigenvalue weighted by Crippen LogP contribution is -2.35. The summed E-state index contributed by atoms with van der Waals surface area (Å²) in [5.74, 6) is -2.82. The van der Waals surface area contributed by atoms with Crippen molar-refractivity contribution >= 4 is 14.4 Å². The molecule has 9 nitrogen and oxygen atoms in total. The van der Waals surface area contributed by atoms with Gasteiger partial charge in [-0.1, -0.05) is 18.2 Å². The highest BCUT2D eigenvalue weighted by molar-refractivity contribution is 7.40. The molecule has 0 bridgehead atoms. The van der Waals surface area contributed by atoms with Crippen molar-refractivity contribution in [3.8, 4) is 5.75 Å². The highest BCUT2D eigenvalue weighted by Gasteiger charge is 2.52. The number of methoxy groups -OCH3 is 1. The maximum atomic E-state index is 14.3. The van der Waals surface area contributed by atoms with Gasteiger partial charge < -0.3 is 29.1 Å². The number of hydrogen-bond acceptors (Lipinski definition) is 8. The molecule has 0 amide bonds.